The molecule has 9 heteroatoms. The van der Waals surface area contributed by atoms with E-state index in [9.17, 15) is 14.4 Å². The smallest absolute Gasteiger partial charge is 0.234 e. The molecule has 0 spiro atoms. The number of hydrogen-bond acceptors (Lipinski definition) is 6. The van der Waals surface area contributed by atoms with E-state index in [1.54, 1.807) is 24.3 Å². The third-order valence-corrected chi connectivity index (χ3v) is 6.80. The molecule has 1 heterocycles. The third kappa shape index (κ3) is 6.43. The van der Waals surface area contributed by atoms with E-state index in [4.69, 9.17) is 0 Å². The number of hydrogen-bond donors (Lipinski definition) is 3. The minimum absolute atomic E-state index is 0.144. The summed E-state index contributed by atoms with van der Waals surface area (Å²) in [5.74, 6) is -0.325. The number of thiazole rings is 1. The first-order chi connectivity index (χ1) is 16.5. The fraction of sp³-hybridized carbons (Fsp3) is 0.120. The number of aromatic nitrogens is 1. The van der Waals surface area contributed by atoms with Crippen molar-refractivity contribution in [2.24, 2.45) is 0 Å². The molecule has 0 unspecified atom stereocenters. The maximum absolute atomic E-state index is 12.6. The van der Waals surface area contributed by atoms with Gasteiger partial charge in [0.2, 0.25) is 17.7 Å². The van der Waals surface area contributed by atoms with Crippen molar-refractivity contribution >= 4 is 68.7 Å². The van der Waals surface area contributed by atoms with Gasteiger partial charge < -0.3 is 16.0 Å². The average molecular weight is 491 g/mol. The van der Waals surface area contributed by atoms with Gasteiger partial charge in [-0.25, -0.2) is 4.98 Å². The molecule has 3 N–H and O–H groups in total. The summed E-state index contributed by atoms with van der Waals surface area (Å²) in [7, 11) is 0. The van der Waals surface area contributed by atoms with Gasteiger partial charge in [0, 0.05) is 34.8 Å². The molecule has 1 aromatic heterocycles. The highest BCUT2D eigenvalue weighted by molar-refractivity contribution is 8.01. The van der Waals surface area contributed by atoms with Crippen LogP contribution in [0.3, 0.4) is 0 Å². The summed E-state index contributed by atoms with van der Waals surface area (Å²) in [5.41, 5.74) is 2.65. The fourth-order valence-electron chi connectivity index (χ4n) is 3.33. The largest absolute Gasteiger partial charge is 0.326 e. The van der Waals surface area contributed by atoms with Crippen molar-refractivity contribution in [1.29, 1.82) is 0 Å². The van der Waals surface area contributed by atoms with Crippen molar-refractivity contribution < 1.29 is 14.4 Å². The highest BCUT2D eigenvalue weighted by atomic mass is 32.2. The van der Waals surface area contributed by atoms with Gasteiger partial charge in [0.1, 0.15) is 0 Å². The first-order valence-corrected chi connectivity index (χ1v) is 12.3. The second-order valence-electron chi connectivity index (χ2n) is 7.46. The molecule has 0 radical (unpaired) electrons. The maximum Gasteiger partial charge on any atom is 0.234 e. The first-order valence-electron chi connectivity index (χ1n) is 10.5. The molecule has 0 aliphatic carbocycles. The zero-order chi connectivity index (χ0) is 23.9. The Balaban J connectivity index is 1.28. The summed E-state index contributed by atoms with van der Waals surface area (Å²) < 4.78 is 0.718. The molecule has 0 bridgehead atoms. The van der Waals surface area contributed by atoms with Crippen molar-refractivity contribution in [3.8, 4) is 0 Å². The van der Waals surface area contributed by atoms with Gasteiger partial charge in [-0.1, -0.05) is 54.2 Å². The standard InChI is InChI=1S/C25H22N4O3S2/c1-16(30)26-18-8-5-9-19(12-18)27-24(32)15-34-25-28-20(14-33-25)13-23(31)29-22-11-4-7-17-6-2-3-10-21(17)22/h2-12,14H,13,15H2,1H3,(H,26,30)(H,27,32)(H,29,31). The van der Waals surface area contributed by atoms with Crippen LogP contribution in [0.1, 0.15) is 12.6 Å². The number of carbonyl (C=O) groups excluding carboxylic acids is 3. The molecular weight excluding hydrogens is 468 g/mol. The van der Waals surface area contributed by atoms with E-state index in [0.29, 0.717) is 17.1 Å². The first kappa shape index (κ1) is 23.5. The maximum atomic E-state index is 12.6. The molecule has 0 atom stereocenters. The SMILES string of the molecule is CC(=O)Nc1cccc(NC(=O)CSc2nc(CC(=O)Nc3cccc4ccccc34)cs2)c1. The summed E-state index contributed by atoms with van der Waals surface area (Å²) in [6.45, 7) is 1.43. The molecule has 4 aromatic rings. The number of rotatable bonds is 8. The third-order valence-electron chi connectivity index (χ3n) is 4.73. The fourth-order valence-corrected chi connectivity index (χ4v) is 4.98. The van der Waals surface area contributed by atoms with Crippen LogP contribution >= 0.6 is 23.1 Å². The molecule has 0 saturated carbocycles. The van der Waals surface area contributed by atoms with Crippen LogP contribution in [0.4, 0.5) is 17.1 Å². The van der Waals surface area contributed by atoms with Gasteiger partial charge in [-0.15, -0.1) is 11.3 Å². The number of nitrogens with one attached hydrogen (secondary N) is 3. The summed E-state index contributed by atoms with van der Waals surface area (Å²) >= 11 is 2.71. The van der Waals surface area contributed by atoms with Crippen molar-refractivity contribution in [3.63, 3.8) is 0 Å². The summed E-state index contributed by atoms with van der Waals surface area (Å²) in [6.07, 6.45) is 0.155. The Morgan fingerprint density at radius 3 is 2.44 bits per heavy atom. The van der Waals surface area contributed by atoms with E-state index >= 15 is 0 Å². The van der Waals surface area contributed by atoms with Gasteiger partial charge in [0.15, 0.2) is 4.34 Å². The van der Waals surface area contributed by atoms with Gasteiger partial charge in [0.25, 0.3) is 0 Å². The number of amides is 3. The minimum atomic E-state index is -0.185. The van der Waals surface area contributed by atoms with Crippen LogP contribution in [0.25, 0.3) is 10.8 Å². The number of fused-ring (bicyclic) bond motifs is 1. The Hall–Kier alpha value is -3.69. The van der Waals surface area contributed by atoms with Crippen LogP contribution in [0, 0.1) is 0 Å². The minimum Gasteiger partial charge on any atom is -0.326 e. The average Bonchev–Trinajstić information content (AvgIpc) is 3.25. The molecular formula is C25H22N4O3S2. The van der Waals surface area contributed by atoms with Crippen LogP contribution in [0.15, 0.2) is 76.4 Å². The van der Waals surface area contributed by atoms with Gasteiger partial charge in [-0.3, -0.25) is 14.4 Å². The Morgan fingerprint density at radius 2 is 1.62 bits per heavy atom. The molecule has 172 valence electrons. The summed E-state index contributed by atoms with van der Waals surface area (Å²) in [5, 5.41) is 12.3. The molecule has 3 aromatic carbocycles. The highest BCUT2D eigenvalue weighted by Gasteiger charge is 2.12. The Labute approximate surface area is 205 Å². The van der Waals surface area contributed by atoms with Crippen molar-refractivity contribution in [1.82, 2.24) is 4.98 Å². The number of carbonyl (C=O) groups is 3. The molecule has 0 aliphatic heterocycles. The number of thioether (sulfide) groups is 1. The van der Waals surface area contributed by atoms with E-state index in [-0.39, 0.29) is 29.9 Å². The zero-order valence-corrected chi connectivity index (χ0v) is 20.0. The van der Waals surface area contributed by atoms with Crippen LogP contribution < -0.4 is 16.0 Å². The molecule has 3 amide bonds. The van der Waals surface area contributed by atoms with Gasteiger partial charge in [-0.2, -0.15) is 0 Å². The normalized spacial score (nSPS) is 10.6. The van der Waals surface area contributed by atoms with Crippen LogP contribution in [-0.2, 0) is 20.8 Å². The van der Waals surface area contributed by atoms with E-state index in [0.717, 1.165) is 20.8 Å². The molecule has 0 saturated heterocycles. The number of anilines is 3. The topological polar surface area (TPSA) is 100 Å². The predicted octanol–water partition coefficient (Wildman–Crippen LogP) is 5.17. The lowest BCUT2D eigenvalue weighted by atomic mass is 10.1. The number of benzene rings is 3. The number of nitrogens with zero attached hydrogens (tertiary/aromatic N) is 1. The van der Waals surface area contributed by atoms with Crippen LogP contribution in [0.2, 0.25) is 0 Å². The summed E-state index contributed by atoms with van der Waals surface area (Å²) in [6, 6.07) is 20.6. The van der Waals surface area contributed by atoms with Crippen LogP contribution in [-0.4, -0.2) is 28.5 Å². The monoisotopic (exact) mass is 490 g/mol. The lowest BCUT2D eigenvalue weighted by Crippen LogP contribution is -2.15. The van der Waals surface area contributed by atoms with Gasteiger partial charge in [-0.05, 0) is 29.7 Å². The van der Waals surface area contributed by atoms with E-state index < -0.39 is 0 Å². The molecule has 4 rings (SSSR count). The summed E-state index contributed by atoms with van der Waals surface area (Å²) in [4.78, 5) is 40.5. The molecule has 0 fully saturated rings. The van der Waals surface area contributed by atoms with Crippen molar-refractivity contribution in [2.75, 3.05) is 21.7 Å². The molecule has 34 heavy (non-hydrogen) atoms. The second kappa shape index (κ2) is 11.0. The predicted molar refractivity (Wildman–Crippen MR) is 138 cm³/mol. The quantitative estimate of drug-likeness (QED) is 0.296. The van der Waals surface area contributed by atoms with E-state index in [1.165, 1.54) is 30.0 Å². The highest BCUT2D eigenvalue weighted by Crippen LogP contribution is 2.25. The Morgan fingerprint density at radius 1 is 0.882 bits per heavy atom. The van der Waals surface area contributed by atoms with Crippen LogP contribution in [0.5, 0.6) is 0 Å². The van der Waals surface area contributed by atoms with Gasteiger partial charge in [0.05, 0.1) is 17.9 Å². The zero-order valence-electron chi connectivity index (χ0n) is 18.3. The van der Waals surface area contributed by atoms with Gasteiger partial charge >= 0.3 is 0 Å². The van der Waals surface area contributed by atoms with Crippen molar-refractivity contribution in [3.05, 3.63) is 77.8 Å². The van der Waals surface area contributed by atoms with E-state index in [2.05, 4.69) is 20.9 Å². The lowest BCUT2D eigenvalue weighted by molar-refractivity contribution is -0.116. The Bertz CT molecular complexity index is 1350. The molecule has 7 nitrogen and oxygen atoms in total. The second-order valence-corrected chi connectivity index (χ2v) is 9.54. The lowest BCUT2D eigenvalue weighted by Gasteiger charge is -2.08. The molecule has 0 aliphatic rings. The van der Waals surface area contributed by atoms with E-state index in [1.807, 2.05) is 47.8 Å². The Kier molecular flexibility index (Phi) is 7.56. The van der Waals surface area contributed by atoms with Crippen molar-refractivity contribution in [2.45, 2.75) is 17.7 Å².